The van der Waals surface area contributed by atoms with Gasteiger partial charge in [0.05, 0.1) is 12.6 Å². The van der Waals surface area contributed by atoms with Crippen LogP contribution >= 0.6 is 0 Å². The number of likely N-dealkylation sites (tertiary alicyclic amines) is 1. The number of carbonyl (C=O) groups excluding carboxylic acids is 1. The van der Waals surface area contributed by atoms with Crippen molar-refractivity contribution in [3.8, 4) is 0 Å². The summed E-state index contributed by atoms with van der Waals surface area (Å²) >= 11 is 0. The van der Waals surface area contributed by atoms with Crippen LogP contribution in [0, 0.1) is 5.41 Å². The predicted molar refractivity (Wildman–Crippen MR) is 42.0 cm³/mol. The predicted octanol–water partition coefficient (Wildman–Crippen LogP) is 0.236. The maximum absolute atomic E-state index is 11.4. The van der Waals surface area contributed by atoms with Gasteiger partial charge in [0.25, 0.3) is 0 Å². The van der Waals surface area contributed by atoms with Gasteiger partial charge in [0, 0.05) is 12.5 Å². The van der Waals surface area contributed by atoms with Crippen LogP contribution in [0.1, 0.15) is 20.3 Å². The van der Waals surface area contributed by atoms with E-state index in [1.807, 2.05) is 13.8 Å². The summed E-state index contributed by atoms with van der Waals surface area (Å²) in [4.78, 5) is 13.0. The first kappa shape index (κ1) is 8.53. The topological polar surface area (TPSA) is 40.5 Å². The molecule has 64 valence electrons. The van der Waals surface area contributed by atoms with Crippen LogP contribution in [0.15, 0.2) is 0 Å². The van der Waals surface area contributed by atoms with Gasteiger partial charge in [-0.1, -0.05) is 13.8 Å². The second-order valence-corrected chi connectivity index (χ2v) is 3.84. The summed E-state index contributed by atoms with van der Waals surface area (Å²) in [6.07, 6.45) is 0.763. The number of rotatable bonds is 1. The van der Waals surface area contributed by atoms with Crippen LogP contribution in [0.4, 0.5) is 0 Å². The Hall–Kier alpha value is -0.570. The van der Waals surface area contributed by atoms with Gasteiger partial charge in [0.1, 0.15) is 0 Å². The standard InChI is InChI=1S/C8H15NO2/c1-8(2)4-6(5-10)9(3)7(8)11/h6,10H,4-5H2,1-3H3. The van der Waals surface area contributed by atoms with Crippen molar-refractivity contribution in [2.75, 3.05) is 13.7 Å². The van der Waals surface area contributed by atoms with Gasteiger partial charge in [0.15, 0.2) is 0 Å². The highest BCUT2D eigenvalue weighted by atomic mass is 16.3. The van der Waals surface area contributed by atoms with Crippen molar-refractivity contribution in [1.82, 2.24) is 4.90 Å². The first-order chi connectivity index (χ1) is 4.99. The lowest BCUT2D eigenvalue weighted by Gasteiger charge is -2.16. The van der Waals surface area contributed by atoms with Crippen LogP contribution in [0.5, 0.6) is 0 Å². The van der Waals surface area contributed by atoms with Gasteiger partial charge in [-0.05, 0) is 6.42 Å². The van der Waals surface area contributed by atoms with Gasteiger partial charge < -0.3 is 10.0 Å². The van der Waals surface area contributed by atoms with E-state index in [-0.39, 0.29) is 24.0 Å². The van der Waals surface area contributed by atoms with Gasteiger partial charge in [-0.2, -0.15) is 0 Å². The molecule has 1 atom stereocenters. The van der Waals surface area contributed by atoms with Crippen LogP contribution in [-0.4, -0.2) is 35.6 Å². The molecule has 1 amide bonds. The van der Waals surface area contributed by atoms with Crippen LogP contribution in [0.2, 0.25) is 0 Å². The number of aliphatic hydroxyl groups is 1. The lowest BCUT2D eigenvalue weighted by Crippen LogP contribution is -2.33. The monoisotopic (exact) mass is 157 g/mol. The molecule has 0 saturated carbocycles. The molecule has 3 heteroatoms. The molecule has 1 fully saturated rings. The van der Waals surface area contributed by atoms with Crippen molar-refractivity contribution in [3.63, 3.8) is 0 Å². The van der Waals surface area contributed by atoms with E-state index >= 15 is 0 Å². The van der Waals surface area contributed by atoms with Crippen molar-refractivity contribution in [2.24, 2.45) is 5.41 Å². The smallest absolute Gasteiger partial charge is 0.228 e. The van der Waals surface area contributed by atoms with Crippen molar-refractivity contribution < 1.29 is 9.90 Å². The minimum atomic E-state index is -0.276. The first-order valence-corrected chi connectivity index (χ1v) is 3.87. The first-order valence-electron chi connectivity index (χ1n) is 3.87. The Bertz CT molecular complexity index is 177. The van der Waals surface area contributed by atoms with Gasteiger partial charge in [0.2, 0.25) is 5.91 Å². The maximum atomic E-state index is 11.4. The summed E-state index contributed by atoms with van der Waals surface area (Å²) in [5.74, 6) is 0.136. The Morgan fingerprint density at radius 1 is 1.73 bits per heavy atom. The second kappa shape index (κ2) is 2.48. The molecular formula is C8H15NO2. The Labute approximate surface area is 67.0 Å². The molecule has 1 aliphatic heterocycles. The molecular weight excluding hydrogens is 142 g/mol. The average Bonchev–Trinajstić information content (AvgIpc) is 2.13. The minimum Gasteiger partial charge on any atom is -0.394 e. The highest BCUT2D eigenvalue weighted by Crippen LogP contribution is 2.33. The lowest BCUT2D eigenvalue weighted by atomic mass is 9.90. The Morgan fingerprint density at radius 3 is 2.45 bits per heavy atom. The molecule has 11 heavy (non-hydrogen) atoms. The van der Waals surface area contributed by atoms with Gasteiger partial charge in [-0.25, -0.2) is 0 Å². The van der Waals surface area contributed by atoms with Gasteiger partial charge in [-0.3, -0.25) is 4.79 Å². The molecule has 0 spiro atoms. The molecule has 0 aromatic rings. The molecule has 1 heterocycles. The minimum absolute atomic E-state index is 0.0255. The van der Waals surface area contributed by atoms with E-state index in [1.54, 1.807) is 11.9 Å². The average molecular weight is 157 g/mol. The fourth-order valence-electron chi connectivity index (χ4n) is 1.64. The highest BCUT2D eigenvalue weighted by molar-refractivity contribution is 5.84. The van der Waals surface area contributed by atoms with Crippen LogP contribution in [0.25, 0.3) is 0 Å². The number of hydrogen-bond donors (Lipinski definition) is 1. The third kappa shape index (κ3) is 1.25. The summed E-state index contributed by atoms with van der Waals surface area (Å²) in [5.41, 5.74) is -0.276. The van der Waals surface area contributed by atoms with Crippen LogP contribution < -0.4 is 0 Å². The van der Waals surface area contributed by atoms with E-state index in [9.17, 15) is 4.79 Å². The summed E-state index contributed by atoms with van der Waals surface area (Å²) in [5, 5.41) is 8.89. The van der Waals surface area contributed by atoms with E-state index in [4.69, 9.17) is 5.11 Å². The summed E-state index contributed by atoms with van der Waals surface area (Å²) in [6, 6.07) is 0.0255. The van der Waals surface area contributed by atoms with E-state index in [0.29, 0.717) is 0 Å². The van der Waals surface area contributed by atoms with E-state index in [2.05, 4.69) is 0 Å². The molecule has 0 aromatic carbocycles. The third-order valence-electron chi connectivity index (χ3n) is 2.40. The number of likely N-dealkylation sites (N-methyl/N-ethyl adjacent to an activating group) is 1. The molecule has 0 aromatic heterocycles. The molecule has 0 bridgehead atoms. The van der Waals surface area contributed by atoms with E-state index < -0.39 is 0 Å². The maximum Gasteiger partial charge on any atom is 0.228 e. The fourth-order valence-corrected chi connectivity index (χ4v) is 1.64. The number of carbonyl (C=O) groups is 1. The fraction of sp³-hybridized carbons (Fsp3) is 0.875. The molecule has 1 saturated heterocycles. The lowest BCUT2D eigenvalue weighted by molar-refractivity contribution is -0.134. The van der Waals surface area contributed by atoms with Crippen molar-refractivity contribution in [3.05, 3.63) is 0 Å². The summed E-state index contributed by atoms with van der Waals surface area (Å²) < 4.78 is 0. The Morgan fingerprint density at radius 2 is 2.27 bits per heavy atom. The molecule has 1 aliphatic rings. The SMILES string of the molecule is CN1C(=O)C(C)(C)CC1CO. The third-order valence-corrected chi connectivity index (χ3v) is 2.40. The normalized spacial score (nSPS) is 29.6. The number of aliphatic hydroxyl groups excluding tert-OH is 1. The van der Waals surface area contributed by atoms with Crippen molar-refractivity contribution in [2.45, 2.75) is 26.3 Å². The van der Waals surface area contributed by atoms with Crippen LogP contribution in [-0.2, 0) is 4.79 Å². The van der Waals surface area contributed by atoms with E-state index in [0.717, 1.165) is 6.42 Å². The number of amides is 1. The molecule has 1 unspecified atom stereocenters. The Balaban J connectivity index is 2.77. The van der Waals surface area contributed by atoms with Crippen molar-refractivity contribution in [1.29, 1.82) is 0 Å². The largest absolute Gasteiger partial charge is 0.394 e. The summed E-state index contributed by atoms with van der Waals surface area (Å²) in [7, 11) is 1.75. The number of nitrogens with zero attached hydrogens (tertiary/aromatic N) is 1. The molecule has 1 rings (SSSR count). The molecule has 0 aliphatic carbocycles. The number of hydrogen-bond acceptors (Lipinski definition) is 2. The summed E-state index contributed by atoms with van der Waals surface area (Å²) in [6.45, 7) is 3.91. The van der Waals surface area contributed by atoms with Crippen LogP contribution in [0.3, 0.4) is 0 Å². The molecule has 1 N–H and O–H groups in total. The van der Waals surface area contributed by atoms with Gasteiger partial charge >= 0.3 is 0 Å². The zero-order valence-corrected chi connectivity index (χ0v) is 7.29. The Kier molecular flexibility index (Phi) is 1.92. The zero-order chi connectivity index (χ0) is 8.65. The highest BCUT2D eigenvalue weighted by Gasteiger charge is 2.42. The van der Waals surface area contributed by atoms with Gasteiger partial charge in [-0.15, -0.1) is 0 Å². The van der Waals surface area contributed by atoms with E-state index in [1.165, 1.54) is 0 Å². The zero-order valence-electron chi connectivity index (χ0n) is 7.29. The van der Waals surface area contributed by atoms with Crippen molar-refractivity contribution >= 4 is 5.91 Å². The second-order valence-electron chi connectivity index (χ2n) is 3.84. The quantitative estimate of drug-likeness (QED) is 0.592. The molecule has 0 radical (unpaired) electrons. The molecule has 3 nitrogen and oxygen atoms in total.